The number of carboxylic acid groups (broad SMARTS) is 2. The third kappa shape index (κ3) is 5.45. The van der Waals surface area contributed by atoms with Crippen molar-refractivity contribution in [2.75, 3.05) is 68.3 Å². The average Bonchev–Trinajstić information content (AvgIpc) is 2.70. The molecule has 1 aliphatic rings. The number of ether oxygens (including phenoxy) is 2. The van der Waals surface area contributed by atoms with Gasteiger partial charge in [-0.05, 0) is 6.42 Å². The SMILES string of the molecule is COCCN(C(=O)O)c1cc(N2CC=CCC2)nc(N(CCOC)C(=O)O)[n+]1[O-]. The van der Waals surface area contributed by atoms with Crippen molar-refractivity contribution in [1.82, 2.24) is 4.98 Å². The van der Waals surface area contributed by atoms with Gasteiger partial charge in [-0.25, -0.2) is 19.2 Å². The number of methoxy groups -OCH3 is 2. The summed E-state index contributed by atoms with van der Waals surface area (Å²) >= 11 is 0. The second-order valence-electron chi connectivity index (χ2n) is 6.13. The van der Waals surface area contributed by atoms with Crippen LogP contribution < -0.4 is 19.4 Å². The molecule has 0 saturated heterocycles. The van der Waals surface area contributed by atoms with Gasteiger partial charge in [-0.2, -0.15) is 4.90 Å². The van der Waals surface area contributed by atoms with E-state index < -0.39 is 18.1 Å². The van der Waals surface area contributed by atoms with Crippen molar-refractivity contribution in [3.8, 4) is 0 Å². The maximum Gasteiger partial charge on any atom is 0.460 e. The summed E-state index contributed by atoms with van der Waals surface area (Å²) in [5.74, 6) is -0.396. The summed E-state index contributed by atoms with van der Waals surface area (Å²) in [6, 6.07) is 1.34. The summed E-state index contributed by atoms with van der Waals surface area (Å²) in [7, 11) is 2.81. The number of nitrogens with zero attached hydrogens (tertiary/aromatic N) is 5. The zero-order chi connectivity index (χ0) is 21.4. The molecule has 1 aliphatic heterocycles. The molecule has 1 aromatic rings. The smallest absolute Gasteiger partial charge is 0.460 e. The van der Waals surface area contributed by atoms with Crippen LogP contribution in [-0.4, -0.2) is 81.0 Å². The van der Waals surface area contributed by atoms with Crippen molar-refractivity contribution in [3.05, 3.63) is 23.4 Å². The standard InChI is InChI=1S/C17H25N5O7/c1-28-10-8-20(16(23)24)14-12-13(19-6-4-3-5-7-19)18-15(22(14)27)21(17(25)26)9-11-29-2/h3-4,12H,5-11H2,1-2H3,(H,23,24)(H,25,26). The number of rotatable bonds is 9. The van der Waals surface area contributed by atoms with Crippen molar-refractivity contribution in [1.29, 1.82) is 0 Å². The molecule has 12 nitrogen and oxygen atoms in total. The van der Waals surface area contributed by atoms with E-state index in [1.54, 1.807) is 0 Å². The minimum absolute atomic E-state index is 0.0340. The van der Waals surface area contributed by atoms with E-state index in [-0.39, 0.29) is 36.9 Å². The summed E-state index contributed by atoms with van der Waals surface area (Å²) in [6.45, 7) is 0.938. The number of amides is 2. The Bertz CT molecular complexity index is 711. The lowest BCUT2D eigenvalue weighted by atomic mass is 10.2. The predicted molar refractivity (Wildman–Crippen MR) is 104 cm³/mol. The molecule has 160 valence electrons. The van der Waals surface area contributed by atoms with Crippen molar-refractivity contribution in [2.24, 2.45) is 0 Å². The number of hydrogen-bond acceptors (Lipinski definition) is 7. The van der Waals surface area contributed by atoms with Crippen LogP contribution >= 0.6 is 0 Å². The number of aromatic nitrogens is 2. The van der Waals surface area contributed by atoms with Gasteiger partial charge in [-0.1, -0.05) is 17.1 Å². The van der Waals surface area contributed by atoms with Crippen LogP contribution in [0.5, 0.6) is 0 Å². The average molecular weight is 411 g/mol. The predicted octanol–water partition coefficient (Wildman–Crippen LogP) is 0.743. The quantitative estimate of drug-likeness (QED) is 0.342. The molecule has 0 fully saturated rings. The highest BCUT2D eigenvalue weighted by Crippen LogP contribution is 2.23. The van der Waals surface area contributed by atoms with Crippen molar-refractivity contribution < 1.29 is 34.0 Å². The highest BCUT2D eigenvalue weighted by Gasteiger charge is 2.31. The minimum atomic E-state index is -1.40. The minimum Gasteiger partial charge on any atom is -0.754 e. The lowest BCUT2D eigenvalue weighted by Gasteiger charge is -2.28. The van der Waals surface area contributed by atoms with Gasteiger partial charge in [0.2, 0.25) is 5.82 Å². The third-order valence-electron chi connectivity index (χ3n) is 4.26. The van der Waals surface area contributed by atoms with Gasteiger partial charge in [0.05, 0.1) is 32.4 Å². The van der Waals surface area contributed by atoms with Crippen molar-refractivity contribution >= 4 is 29.8 Å². The topological polar surface area (TPSA) is 143 Å². The molecule has 0 unspecified atom stereocenters. The van der Waals surface area contributed by atoms with Crippen LogP contribution in [0.1, 0.15) is 6.42 Å². The van der Waals surface area contributed by atoms with E-state index in [9.17, 15) is 25.0 Å². The van der Waals surface area contributed by atoms with E-state index in [0.717, 1.165) is 16.2 Å². The van der Waals surface area contributed by atoms with E-state index in [1.807, 2.05) is 17.1 Å². The Hall–Kier alpha value is -3.12. The van der Waals surface area contributed by atoms with Crippen LogP contribution in [-0.2, 0) is 9.47 Å². The molecule has 0 aromatic carbocycles. The lowest BCUT2D eigenvalue weighted by molar-refractivity contribution is -0.581. The Kier molecular flexibility index (Phi) is 7.98. The van der Waals surface area contributed by atoms with Gasteiger partial charge in [-0.3, -0.25) is 0 Å². The third-order valence-corrected chi connectivity index (χ3v) is 4.26. The van der Waals surface area contributed by atoms with E-state index in [0.29, 0.717) is 18.9 Å². The second-order valence-corrected chi connectivity index (χ2v) is 6.13. The summed E-state index contributed by atoms with van der Waals surface area (Å²) in [6.07, 6.45) is 1.89. The highest BCUT2D eigenvalue weighted by atomic mass is 16.5. The van der Waals surface area contributed by atoms with Gasteiger partial charge in [0.1, 0.15) is 0 Å². The molecule has 0 radical (unpaired) electrons. The van der Waals surface area contributed by atoms with E-state index in [2.05, 4.69) is 4.98 Å². The first-order valence-corrected chi connectivity index (χ1v) is 8.94. The summed E-state index contributed by atoms with van der Waals surface area (Å²) in [5, 5.41) is 32.1. The van der Waals surface area contributed by atoms with Crippen molar-refractivity contribution in [2.45, 2.75) is 6.42 Å². The van der Waals surface area contributed by atoms with Crippen LogP contribution in [0.3, 0.4) is 0 Å². The Balaban J connectivity index is 2.59. The number of anilines is 3. The molecule has 0 spiro atoms. The Morgan fingerprint density at radius 3 is 2.31 bits per heavy atom. The molecule has 0 aliphatic carbocycles. The van der Waals surface area contributed by atoms with E-state index in [4.69, 9.17) is 9.47 Å². The normalized spacial score (nSPS) is 13.4. The number of hydrogen-bond donors (Lipinski definition) is 2. The fourth-order valence-electron chi connectivity index (χ4n) is 2.78. The van der Waals surface area contributed by atoms with Gasteiger partial charge in [0.25, 0.3) is 0 Å². The Morgan fingerprint density at radius 2 is 1.79 bits per heavy atom. The lowest BCUT2D eigenvalue weighted by Crippen LogP contribution is -2.49. The molecule has 12 heteroatoms. The summed E-state index contributed by atoms with van der Waals surface area (Å²) < 4.78 is 10.0. The maximum absolute atomic E-state index is 13.0. The first-order chi connectivity index (χ1) is 13.9. The molecule has 29 heavy (non-hydrogen) atoms. The molecular weight excluding hydrogens is 386 g/mol. The zero-order valence-corrected chi connectivity index (χ0v) is 16.4. The van der Waals surface area contributed by atoms with Gasteiger partial charge in [0.15, 0.2) is 5.82 Å². The van der Waals surface area contributed by atoms with Gasteiger partial charge in [0, 0.05) is 27.3 Å². The fourth-order valence-corrected chi connectivity index (χ4v) is 2.78. The monoisotopic (exact) mass is 411 g/mol. The maximum atomic E-state index is 13.0. The van der Waals surface area contributed by atoms with Gasteiger partial charge in [-0.15, -0.1) is 0 Å². The fraction of sp³-hybridized carbons (Fsp3) is 0.529. The second kappa shape index (κ2) is 10.4. The molecule has 0 atom stereocenters. The van der Waals surface area contributed by atoms with E-state index in [1.165, 1.54) is 20.3 Å². The Morgan fingerprint density at radius 1 is 1.17 bits per heavy atom. The highest BCUT2D eigenvalue weighted by molar-refractivity contribution is 5.86. The van der Waals surface area contributed by atoms with Crippen LogP contribution in [0.15, 0.2) is 18.2 Å². The molecule has 2 heterocycles. The van der Waals surface area contributed by atoms with Crippen LogP contribution in [0.4, 0.5) is 27.2 Å². The zero-order valence-electron chi connectivity index (χ0n) is 16.4. The molecule has 2 amide bonds. The summed E-state index contributed by atoms with van der Waals surface area (Å²) in [5.41, 5.74) is 0. The van der Waals surface area contributed by atoms with Gasteiger partial charge >= 0.3 is 18.1 Å². The first kappa shape index (κ1) is 22.2. The van der Waals surface area contributed by atoms with E-state index >= 15 is 0 Å². The largest absolute Gasteiger partial charge is 0.754 e. The number of carbonyl (C=O) groups is 2. The molecule has 2 rings (SSSR count). The molecule has 2 N–H and O–H groups in total. The molecular formula is C17H25N5O7. The van der Waals surface area contributed by atoms with Crippen LogP contribution in [0.25, 0.3) is 0 Å². The molecule has 1 aromatic heterocycles. The molecule has 0 bridgehead atoms. The van der Waals surface area contributed by atoms with Crippen molar-refractivity contribution in [3.63, 3.8) is 0 Å². The molecule has 0 saturated carbocycles. The van der Waals surface area contributed by atoms with Crippen LogP contribution in [0, 0.1) is 5.21 Å². The van der Waals surface area contributed by atoms with Gasteiger partial charge < -0.3 is 29.8 Å². The van der Waals surface area contributed by atoms with Crippen LogP contribution in [0.2, 0.25) is 0 Å². The summed E-state index contributed by atoms with van der Waals surface area (Å²) in [4.78, 5) is 31.1. The Labute approximate surface area is 167 Å². The first-order valence-electron chi connectivity index (χ1n) is 8.94.